The Morgan fingerprint density at radius 1 is 0.850 bits per heavy atom. The van der Waals surface area contributed by atoms with Gasteiger partial charge in [0.1, 0.15) is 0 Å². The third-order valence-electron chi connectivity index (χ3n) is 2.90. The molecule has 0 amide bonds. The number of unbranched alkanes of at least 4 members (excludes halogenated alkanes) is 8. The summed E-state index contributed by atoms with van der Waals surface area (Å²) in [7, 11) is -4.04. The van der Waals surface area contributed by atoms with Crippen molar-refractivity contribution in [3.05, 3.63) is 0 Å². The van der Waals surface area contributed by atoms with Gasteiger partial charge in [-0.3, -0.25) is 4.18 Å². The Kier molecular flexibility index (Phi) is 10.3. The van der Waals surface area contributed by atoms with Crippen molar-refractivity contribution in [2.24, 2.45) is 0 Å². The lowest BCUT2D eigenvalue weighted by Crippen LogP contribution is -2.22. The fourth-order valence-electron chi connectivity index (χ4n) is 1.81. The molecule has 0 aliphatic rings. The lowest BCUT2D eigenvalue weighted by Gasteiger charge is -2.08. The van der Waals surface area contributed by atoms with Crippen LogP contribution in [0.5, 0.6) is 0 Å². The van der Waals surface area contributed by atoms with E-state index < -0.39 is 22.9 Å². The summed E-state index contributed by atoms with van der Waals surface area (Å²) < 4.78 is 61.7. The molecule has 0 aromatic rings. The van der Waals surface area contributed by atoms with Crippen LogP contribution in [0.1, 0.15) is 64.7 Å². The molecule has 20 heavy (non-hydrogen) atoms. The second kappa shape index (κ2) is 10.4. The smallest absolute Gasteiger partial charge is 0.261 e. The predicted octanol–water partition coefficient (Wildman–Crippen LogP) is 4.43. The molecule has 0 saturated carbocycles. The Labute approximate surface area is 120 Å². The van der Waals surface area contributed by atoms with Gasteiger partial charge in [-0.25, -0.2) is 0 Å². The van der Waals surface area contributed by atoms with Crippen molar-refractivity contribution in [1.82, 2.24) is 0 Å². The number of alkyl halides is 3. The molecular weight excluding hydrogens is 293 g/mol. The molecule has 0 aliphatic carbocycles. The van der Waals surface area contributed by atoms with Crippen LogP contribution < -0.4 is 0 Å². The molecule has 0 N–H and O–H groups in total. The third-order valence-corrected chi connectivity index (χ3v) is 4.17. The van der Waals surface area contributed by atoms with Crippen LogP contribution in [0.2, 0.25) is 0 Å². The van der Waals surface area contributed by atoms with Crippen molar-refractivity contribution in [3.8, 4) is 0 Å². The summed E-state index contributed by atoms with van der Waals surface area (Å²) in [5.74, 6) is -0.334. The standard InChI is InChI=1S/C13H25F3O3S/c1-2-3-4-5-6-7-8-9-10-11-20(17,18)19-12-13(14,15)16/h2-12H2,1H3. The van der Waals surface area contributed by atoms with Crippen LogP contribution in [-0.2, 0) is 14.3 Å². The van der Waals surface area contributed by atoms with E-state index in [0.29, 0.717) is 12.8 Å². The van der Waals surface area contributed by atoms with Gasteiger partial charge in [0.15, 0.2) is 6.61 Å². The highest BCUT2D eigenvalue weighted by atomic mass is 32.2. The van der Waals surface area contributed by atoms with E-state index >= 15 is 0 Å². The molecule has 7 heteroatoms. The zero-order chi connectivity index (χ0) is 15.5. The van der Waals surface area contributed by atoms with Gasteiger partial charge in [0, 0.05) is 0 Å². The summed E-state index contributed by atoms with van der Waals surface area (Å²) in [6, 6.07) is 0. The van der Waals surface area contributed by atoms with Crippen LogP contribution >= 0.6 is 0 Å². The first-order valence-electron chi connectivity index (χ1n) is 7.20. The molecule has 0 heterocycles. The molecule has 0 aliphatic heterocycles. The fourth-order valence-corrected chi connectivity index (χ4v) is 2.79. The normalized spacial score (nSPS) is 12.8. The molecule has 0 aromatic carbocycles. The minimum Gasteiger partial charge on any atom is -0.261 e. The molecule has 3 nitrogen and oxygen atoms in total. The molecule has 122 valence electrons. The fraction of sp³-hybridized carbons (Fsp3) is 1.00. The van der Waals surface area contributed by atoms with E-state index in [1.54, 1.807) is 0 Å². The third kappa shape index (κ3) is 14.1. The van der Waals surface area contributed by atoms with E-state index in [4.69, 9.17) is 0 Å². The topological polar surface area (TPSA) is 43.4 Å². The van der Waals surface area contributed by atoms with Gasteiger partial charge >= 0.3 is 6.18 Å². The molecule has 0 saturated heterocycles. The monoisotopic (exact) mass is 318 g/mol. The number of hydrogen-bond acceptors (Lipinski definition) is 3. The van der Waals surface area contributed by atoms with Crippen molar-refractivity contribution in [3.63, 3.8) is 0 Å². The van der Waals surface area contributed by atoms with Crippen LogP contribution in [0.15, 0.2) is 0 Å². The summed E-state index contributed by atoms with van der Waals surface area (Å²) in [5, 5.41) is 0. The molecule has 0 rings (SSSR count). The van der Waals surface area contributed by atoms with E-state index in [0.717, 1.165) is 19.3 Å². The van der Waals surface area contributed by atoms with Gasteiger partial charge in [-0.05, 0) is 6.42 Å². The zero-order valence-corrected chi connectivity index (χ0v) is 12.9. The molecule has 0 unspecified atom stereocenters. The van der Waals surface area contributed by atoms with E-state index in [2.05, 4.69) is 11.1 Å². The summed E-state index contributed by atoms with van der Waals surface area (Å²) in [6.07, 6.45) is 4.44. The van der Waals surface area contributed by atoms with E-state index in [1.165, 1.54) is 25.7 Å². The lowest BCUT2D eigenvalue weighted by molar-refractivity contribution is -0.152. The number of halogens is 3. The van der Waals surface area contributed by atoms with Gasteiger partial charge in [-0.15, -0.1) is 0 Å². The Morgan fingerprint density at radius 3 is 1.75 bits per heavy atom. The molecular formula is C13H25F3O3S. The minimum absolute atomic E-state index is 0.334. The molecule has 0 aromatic heterocycles. The maximum absolute atomic E-state index is 11.8. The minimum atomic E-state index is -4.61. The maximum Gasteiger partial charge on any atom is 0.413 e. The van der Waals surface area contributed by atoms with Gasteiger partial charge in [0.2, 0.25) is 0 Å². The van der Waals surface area contributed by atoms with Crippen LogP contribution in [0.3, 0.4) is 0 Å². The van der Waals surface area contributed by atoms with Gasteiger partial charge in [-0.2, -0.15) is 21.6 Å². The van der Waals surface area contributed by atoms with Gasteiger partial charge in [0.05, 0.1) is 5.75 Å². The van der Waals surface area contributed by atoms with Crippen molar-refractivity contribution in [1.29, 1.82) is 0 Å². The van der Waals surface area contributed by atoms with Gasteiger partial charge < -0.3 is 0 Å². The average molecular weight is 318 g/mol. The van der Waals surface area contributed by atoms with Gasteiger partial charge in [0.25, 0.3) is 10.1 Å². The highest BCUT2D eigenvalue weighted by Gasteiger charge is 2.30. The molecule has 0 fully saturated rings. The van der Waals surface area contributed by atoms with E-state index in [1.807, 2.05) is 0 Å². The first kappa shape index (κ1) is 19.7. The quantitative estimate of drug-likeness (QED) is 0.395. The summed E-state index contributed by atoms with van der Waals surface area (Å²) in [6.45, 7) is 0.425. The Morgan fingerprint density at radius 2 is 1.30 bits per heavy atom. The van der Waals surface area contributed by atoms with Crippen LogP contribution in [0.4, 0.5) is 13.2 Å². The first-order chi connectivity index (χ1) is 9.27. The summed E-state index contributed by atoms with van der Waals surface area (Å²) >= 11 is 0. The summed E-state index contributed by atoms with van der Waals surface area (Å²) in [4.78, 5) is 0. The lowest BCUT2D eigenvalue weighted by atomic mass is 10.1. The van der Waals surface area contributed by atoms with E-state index in [9.17, 15) is 21.6 Å². The zero-order valence-electron chi connectivity index (χ0n) is 12.0. The van der Waals surface area contributed by atoms with Crippen LogP contribution in [0.25, 0.3) is 0 Å². The van der Waals surface area contributed by atoms with Crippen LogP contribution in [0, 0.1) is 0 Å². The van der Waals surface area contributed by atoms with Crippen molar-refractivity contribution in [2.75, 3.05) is 12.4 Å². The molecule has 0 radical (unpaired) electrons. The second-order valence-corrected chi connectivity index (χ2v) is 6.73. The Bertz CT molecular complexity index is 326. The highest BCUT2D eigenvalue weighted by molar-refractivity contribution is 7.86. The largest absolute Gasteiger partial charge is 0.413 e. The molecule has 0 atom stereocenters. The number of hydrogen-bond donors (Lipinski definition) is 0. The summed E-state index contributed by atoms with van der Waals surface area (Å²) in [5.41, 5.74) is 0. The van der Waals surface area contributed by atoms with Gasteiger partial charge in [-0.1, -0.05) is 58.3 Å². The van der Waals surface area contributed by atoms with Crippen molar-refractivity contribution in [2.45, 2.75) is 70.9 Å². The van der Waals surface area contributed by atoms with Crippen molar-refractivity contribution >= 4 is 10.1 Å². The second-order valence-electron chi connectivity index (χ2n) is 4.97. The predicted molar refractivity (Wildman–Crippen MR) is 73.0 cm³/mol. The molecule has 0 spiro atoms. The highest BCUT2D eigenvalue weighted by Crippen LogP contribution is 2.16. The Balaban J connectivity index is 3.49. The SMILES string of the molecule is CCCCCCCCCCCS(=O)(=O)OCC(F)(F)F. The molecule has 0 bridgehead atoms. The Hall–Kier alpha value is -0.300. The average Bonchev–Trinajstić information content (AvgIpc) is 2.34. The maximum atomic E-state index is 11.8. The van der Waals surface area contributed by atoms with Crippen molar-refractivity contribution < 1.29 is 25.8 Å². The first-order valence-corrected chi connectivity index (χ1v) is 8.78. The number of rotatable bonds is 12. The van der Waals surface area contributed by atoms with E-state index in [-0.39, 0.29) is 5.75 Å². The van der Waals surface area contributed by atoms with Crippen LogP contribution in [-0.4, -0.2) is 27.0 Å².